The molecule has 2 rings (SSSR count). The van der Waals surface area contributed by atoms with Crippen LogP contribution < -0.4 is 19.5 Å². The Bertz CT molecular complexity index is 927. The van der Waals surface area contributed by atoms with Crippen LogP contribution in [-0.4, -0.2) is 44.1 Å². The summed E-state index contributed by atoms with van der Waals surface area (Å²) in [6.07, 6.45) is 1.18. The summed E-state index contributed by atoms with van der Waals surface area (Å²) in [4.78, 5) is 36.8. The van der Waals surface area contributed by atoms with Gasteiger partial charge < -0.3 is 24.3 Å². The minimum Gasteiger partial charge on any atom is -0.490 e. The zero-order chi connectivity index (χ0) is 24.2. The van der Waals surface area contributed by atoms with E-state index in [1.165, 1.54) is 12.1 Å². The molecule has 0 atom stereocenters. The Morgan fingerprint density at radius 1 is 0.788 bits per heavy atom. The lowest BCUT2D eigenvalue weighted by Crippen LogP contribution is -2.15. The molecule has 0 fully saturated rings. The molecular weight excluding hydrogens is 426 g/mol. The molecule has 1 N–H and O–H groups in total. The third-order valence-corrected chi connectivity index (χ3v) is 4.45. The Labute approximate surface area is 194 Å². The topological polar surface area (TPSA) is 100 Å². The maximum Gasteiger partial charge on any atom is 0.338 e. The molecule has 33 heavy (non-hydrogen) atoms. The van der Waals surface area contributed by atoms with Crippen molar-refractivity contribution >= 4 is 23.3 Å². The molecule has 0 saturated carbocycles. The standard InChI is InChI=1S/C25H31NO7/c1-5-9-23(28)26-19-12-10-17(11-13-19)20(27)16-33-25(29)18-14-21(30-6-2)24(32-8-4)22(15-18)31-7-3/h10-15H,5-9,16H2,1-4H3,(H,26,28). The normalized spacial score (nSPS) is 10.3. The lowest BCUT2D eigenvalue weighted by atomic mass is 10.1. The monoisotopic (exact) mass is 457 g/mol. The van der Waals surface area contributed by atoms with E-state index < -0.39 is 12.6 Å². The lowest BCUT2D eigenvalue weighted by Gasteiger charge is -2.16. The molecule has 0 spiro atoms. The molecule has 8 nitrogen and oxygen atoms in total. The van der Waals surface area contributed by atoms with Crippen LogP contribution in [0.2, 0.25) is 0 Å². The van der Waals surface area contributed by atoms with Gasteiger partial charge in [-0.1, -0.05) is 6.92 Å². The van der Waals surface area contributed by atoms with Crippen molar-refractivity contribution in [3.8, 4) is 17.2 Å². The number of benzene rings is 2. The number of Topliss-reactive ketones (excluding diaryl/α,β-unsaturated/α-hetero) is 1. The molecule has 0 aromatic heterocycles. The van der Waals surface area contributed by atoms with Gasteiger partial charge in [-0.2, -0.15) is 0 Å². The second kappa shape index (κ2) is 13.1. The van der Waals surface area contributed by atoms with E-state index in [-0.39, 0.29) is 17.3 Å². The summed E-state index contributed by atoms with van der Waals surface area (Å²) < 4.78 is 22.1. The maximum absolute atomic E-state index is 12.6. The van der Waals surface area contributed by atoms with Crippen molar-refractivity contribution < 1.29 is 33.3 Å². The molecule has 0 aliphatic heterocycles. The van der Waals surface area contributed by atoms with Gasteiger partial charge in [-0.05, 0) is 63.6 Å². The van der Waals surface area contributed by atoms with E-state index in [4.69, 9.17) is 18.9 Å². The molecule has 0 aliphatic rings. The number of nitrogens with one attached hydrogen (secondary N) is 1. The summed E-state index contributed by atoms with van der Waals surface area (Å²) in [5, 5.41) is 2.76. The van der Waals surface area contributed by atoms with Gasteiger partial charge in [0.1, 0.15) is 0 Å². The Kier molecular flexibility index (Phi) is 10.2. The predicted octanol–water partition coefficient (Wildman–Crippen LogP) is 4.66. The number of carbonyl (C=O) groups excluding carboxylic acids is 3. The average molecular weight is 458 g/mol. The number of rotatable bonds is 13. The number of ether oxygens (including phenoxy) is 4. The number of ketones is 1. The predicted molar refractivity (Wildman–Crippen MR) is 125 cm³/mol. The first kappa shape index (κ1) is 25.7. The number of hydrogen-bond acceptors (Lipinski definition) is 7. The van der Waals surface area contributed by atoms with Crippen molar-refractivity contribution in [2.75, 3.05) is 31.7 Å². The third-order valence-electron chi connectivity index (χ3n) is 4.45. The molecule has 0 heterocycles. The van der Waals surface area contributed by atoms with E-state index >= 15 is 0 Å². The molecule has 0 saturated heterocycles. The Morgan fingerprint density at radius 2 is 1.36 bits per heavy atom. The highest BCUT2D eigenvalue weighted by Crippen LogP contribution is 2.39. The summed E-state index contributed by atoms with van der Waals surface area (Å²) >= 11 is 0. The second-order valence-corrected chi connectivity index (χ2v) is 6.98. The highest BCUT2D eigenvalue weighted by atomic mass is 16.5. The quantitative estimate of drug-likeness (QED) is 0.345. The van der Waals surface area contributed by atoms with E-state index in [0.717, 1.165) is 6.42 Å². The second-order valence-electron chi connectivity index (χ2n) is 6.98. The number of carbonyl (C=O) groups is 3. The van der Waals surface area contributed by atoms with Gasteiger partial charge in [-0.15, -0.1) is 0 Å². The molecule has 0 aliphatic carbocycles. The highest BCUT2D eigenvalue weighted by molar-refractivity contribution is 6.00. The molecule has 178 valence electrons. The van der Waals surface area contributed by atoms with Crippen molar-refractivity contribution in [1.82, 2.24) is 0 Å². The van der Waals surface area contributed by atoms with Crippen LogP contribution in [0.25, 0.3) is 0 Å². The van der Waals surface area contributed by atoms with Gasteiger partial charge >= 0.3 is 5.97 Å². The Balaban J connectivity index is 2.08. The molecule has 8 heteroatoms. The van der Waals surface area contributed by atoms with Crippen LogP contribution in [-0.2, 0) is 9.53 Å². The molecule has 0 radical (unpaired) electrons. The maximum atomic E-state index is 12.6. The van der Waals surface area contributed by atoms with Crippen LogP contribution in [0.1, 0.15) is 61.3 Å². The van der Waals surface area contributed by atoms with Crippen molar-refractivity contribution in [1.29, 1.82) is 0 Å². The third kappa shape index (κ3) is 7.52. The van der Waals surface area contributed by atoms with Crippen LogP contribution in [0, 0.1) is 0 Å². The van der Waals surface area contributed by atoms with Crippen LogP contribution in [0.15, 0.2) is 36.4 Å². The van der Waals surface area contributed by atoms with E-state index in [0.29, 0.717) is 54.7 Å². The van der Waals surface area contributed by atoms with E-state index in [9.17, 15) is 14.4 Å². The highest BCUT2D eigenvalue weighted by Gasteiger charge is 2.20. The average Bonchev–Trinajstić information content (AvgIpc) is 2.80. The molecular formula is C25H31NO7. The van der Waals surface area contributed by atoms with Gasteiger partial charge in [0.15, 0.2) is 23.9 Å². The van der Waals surface area contributed by atoms with Gasteiger partial charge in [0, 0.05) is 17.7 Å². The summed E-state index contributed by atoms with van der Waals surface area (Å²) in [6.45, 7) is 8.12. The molecule has 2 aromatic carbocycles. The smallest absolute Gasteiger partial charge is 0.338 e. The summed E-state index contributed by atoms with van der Waals surface area (Å²) in [6, 6.07) is 9.45. The van der Waals surface area contributed by atoms with Crippen molar-refractivity contribution in [2.45, 2.75) is 40.5 Å². The van der Waals surface area contributed by atoms with E-state index in [1.54, 1.807) is 24.3 Å². The van der Waals surface area contributed by atoms with Crippen LogP contribution in [0.4, 0.5) is 5.69 Å². The summed E-state index contributed by atoms with van der Waals surface area (Å²) in [5.41, 5.74) is 1.16. The van der Waals surface area contributed by atoms with Crippen LogP contribution >= 0.6 is 0 Å². The molecule has 0 unspecified atom stereocenters. The van der Waals surface area contributed by atoms with Crippen molar-refractivity contribution in [3.05, 3.63) is 47.5 Å². The zero-order valence-electron chi connectivity index (χ0n) is 19.6. The largest absolute Gasteiger partial charge is 0.490 e. The first-order valence-corrected chi connectivity index (χ1v) is 11.1. The zero-order valence-corrected chi connectivity index (χ0v) is 19.6. The van der Waals surface area contributed by atoms with Gasteiger partial charge in [0.2, 0.25) is 11.7 Å². The number of amides is 1. The molecule has 1 amide bonds. The summed E-state index contributed by atoms with van der Waals surface area (Å²) in [7, 11) is 0. The fourth-order valence-electron chi connectivity index (χ4n) is 2.99. The minimum atomic E-state index is -0.684. The number of esters is 1. The van der Waals surface area contributed by atoms with Gasteiger partial charge in [0.25, 0.3) is 0 Å². The number of hydrogen-bond donors (Lipinski definition) is 1. The Hall–Kier alpha value is -3.55. The fourth-order valence-corrected chi connectivity index (χ4v) is 2.99. The first-order chi connectivity index (χ1) is 15.9. The van der Waals surface area contributed by atoms with Gasteiger partial charge in [-0.3, -0.25) is 9.59 Å². The van der Waals surface area contributed by atoms with E-state index in [1.807, 2.05) is 27.7 Å². The lowest BCUT2D eigenvalue weighted by molar-refractivity contribution is -0.116. The minimum absolute atomic E-state index is 0.0845. The van der Waals surface area contributed by atoms with Crippen molar-refractivity contribution in [2.24, 2.45) is 0 Å². The van der Waals surface area contributed by atoms with Gasteiger partial charge in [0.05, 0.1) is 25.4 Å². The van der Waals surface area contributed by atoms with Crippen LogP contribution in [0.5, 0.6) is 17.2 Å². The first-order valence-electron chi connectivity index (χ1n) is 11.1. The SMILES string of the molecule is CCCC(=O)Nc1ccc(C(=O)COC(=O)c2cc(OCC)c(OCC)c(OCC)c2)cc1. The molecule has 2 aromatic rings. The number of anilines is 1. The molecule has 0 bridgehead atoms. The summed E-state index contributed by atoms with van der Waals surface area (Å²) in [5.74, 6) is 0.0137. The Morgan fingerprint density at radius 3 is 1.88 bits per heavy atom. The fraction of sp³-hybridized carbons (Fsp3) is 0.400. The van der Waals surface area contributed by atoms with Crippen LogP contribution in [0.3, 0.4) is 0 Å². The van der Waals surface area contributed by atoms with E-state index in [2.05, 4.69) is 5.32 Å². The van der Waals surface area contributed by atoms with Gasteiger partial charge in [-0.25, -0.2) is 4.79 Å². The van der Waals surface area contributed by atoms with Crippen molar-refractivity contribution in [3.63, 3.8) is 0 Å².